The monoisotopic (exact) mass is 291 g/mol. The molecule has 0 aliphatic carbocycles. The lowest BCUT2D eigenvalue weighted by Gasteiger charge is -2.05. The summed E-state index contributed by atoms with van der Waals surface area (Å²) < 4.78 is 31.6. The van der Waals surface area contributed by atoms with Crippen LogP contribution < -0.4 is 10.5 Å². The van der Waals surface area contributed by atoms with Crippen molar-refractivity contribution in [2.45, 2.75) is 17.6 Å². The highest BCUT2D eigenvalue weighted by Crippen LogP contribution is 2.24. The minimum atomic E-state index is -3.54. The lowest BCUT2D eigenvalue weighted by atomic mass is 10.5. The number of aromatic nitrogens is 1. The largest absolute Gasteiger partial charge is 0.380 e. The Bertz CT molecular complexity index is 496. The molecule has 6 nitrogen and oxygen atoms in total. The van der Waals surface area contributed by atoms with Gasteiger partial charge in [-0.05, 0) is 13.3 Å². The van der Waals surface area contributed by atoms with E-state index in [1.807, 2.05) is 0 Å². The van der Waals surface area contributed by atoms with E-state index in [1.165, 1.54) is 0 Å². The molecule has 0 aromatic carbocycles. The number of nitrogens with two attached hydrogens (primary N) is 1. The van der Waals surface area contributed by atoms with Crippen LogP contribution in [0.15, 0.2) is 16.9 Å². The first-order valence-electron chi connectivity index (χ1n) is 5.38. The van der Waals surface area contributed by atoms with Gasteiger partial charge in [0.2, 0.25) is 0 Å². The number of rotatable bonds is 8. The number of anilines is 1. The van der Waals surface area contributed by atoms with Crippen molar-refractivity contribution in [2.24, 2.45) is 0 Å². The number of nitrogens with one attached hydrogen (secondary N) is 1. The fraction of sp³-hybridized carbons (Fsp3) is 0.500. The Morgan fingerprint density at radius 2 is 2.28 bits per heavy atom. The third kappa shape index (κ3) is 4.37. The van der Waals surface area contributed by atoms with Crippen LogP contribution >= 0.6 is 11.3 Å². The van der Waals surface area contributed by atoms with Gasteiger partial charge in [0.1, 0.15) is 0 Å². The lowest BCUT2D eigenvalue weighted by Crippen LogP contribution is -2.27. The lowest BCUT2D eigenvalue weighted by molar-refractivity contribution is 0.144. The molecule has 0 saturated carbocycles. The Morgan fingerprint density at radius 3 is 2.83 bits per heavy atom. The zero-order valence-corrected chi connectivity index (χ0v) is 11.8. The Hall–Kier alpha value is -0.960. The molecule has 102 valence electrons. The molecule has 0 radical (unpaired) electrons. The summed E-state index contributed by atoms with van der Waals surface area (Å²) in [7, 11) is -3.54. The summed E-state index contributed by atoms with van der Waals surface area (Å²) in [6, 6.07) is 0. The second-order valence-corrected chi connectivity index (χ2v) is 6.51. The van der Waals surface area contributed by atoms with E-state index in [-0.39, 0.29) is 15.9 Å². The number of hydrogen-bond donors (Lipinski definition) is 2. The molecule has 18 heavy (non-hydrogen) atoms. The Balaban J connectivity index is 2.46. The molecular formula is C10H17N3O3S2. The molecule has 0 aliphatic heterocycles. The van der Waals surface area contributed by atoms with Gasteiger partial charge in [0, 0.05) is 6.54 Å². The first-order chi connectivity index (χ1) is 8.47. The van der Waals surface area contributed by atoms with Crippen molar-refractivity contribution >= 4 is 26.5 Å². The normalized spacial score (nSPS) is 11.6. The van der Waals surface area contributed by atoms with Crippen LogP contribution in [0, 0.1) is 6.92 Å². The van der Waals surface area contributed by atoms with E-state index < -0.39 is 10.0 Å². The van der Waals surface area contributed by atoms with Crippen molar-refractivity contribution in [2.75, 3.05) is 25.5 Å². The van der Waals surface area contributed by atoms with Crippen molar-refractivity contribution < 1.29 is 13.2 Å². The molecule has 0 unspecified atom stereocenters. The first-order valence-corrected chi connectivity index (χ1v) is 7.68. The van der Waals surface area contributed by atoms with E-state index in [1.54, 1.807) is 13.0 Å². The summed E-state index contributed by atoms with van der Waals surface area (Å²) in [4.78, 5) is 3.88. The molecule has 0 fully saturated rings. The number of sulfonamides is 1. The van der Waals surface area contributed by atoms with Gasteiger partial charge in [0.15, 0.2) is 9.34 Å². The molecular weight excluding hydrogens is 274 g/mol. The van der Waals surface area contributed by atoms with Crippen molar-refractivity contribution in [3.05, 3.63) is 18.3 Å². The summed E-state index contributed by atoms with van der Waals surface area (Å²) in [6.07, 6.45) is 2.49. The maximum Gasteiger partial charge on any atom is 0.252 e. The minimum absolute atomic E-state index is 0.158. The van der Waals surface area contributed by atoms with Crippen LogP contribution in [0.1, 0.15) is 12.1 Å². The van der Waals surface area contributed by atoms with E-state index in [2.05, 4.69) is 16.3 Å². The van der Waals surface area contributed by atoms with E-state index in [0.29, 0.717) is 18.9 Å². The molecule has 0 amide bonds. The van der Waals surface area contributed by atoms with Crippen LogP contribution in [0.5, 0.6) is 0 Å². The summed E-state index contributed by atoms with van der Waals surface area (Å²) in [5.74, 6) is 0. The Morgan fingerprint density at radius 1 is 1.56 bits per heavy atom. The van der Waals surface area contributed by atoms with E-state index in [0.717, 1.165) is 17.8 Å². The maximum absolute atomic E-state index is 11.9. The highest BCUT2D eigenvalue weighted by atomic mass is 32.2. The molecule has 0 spiro atoms. The average molecular weight is 291 g/mol. The van der Waals surface area contributed by atoms with Crippen molar-refractivity contribution in [1.29, 1.82) is 0 Å². The first kappa shape index (κ1) is 15.1. The number of thiazole rings is 1. The highest BCUT2D eigenvalue weighted by Gasteiger charge is 2.20. The quantitative estimate of drug-likeness (QED) is 0.548. The van der Waals surface area contributed by atoms with Crippen LogP contribution in [0.2, 0.25) is 0 Å². The molecule has 8 heteroatoms. The second kappa shape index (κ2) is 6.83. The number of nitrogen functional groups attached to an aromatic ring is 1. The number of nitrogens with zero attached hydrogens (tertiary/aromatic N) is 1. The Labute approximate surface area is 111 Å². The molecule has 3 N–H and O–H groups in total. The van der Waals surface area contributed by atoms with E-state index >= 15 is 0 Å². The summed E-state index contributed by atoms with van der Waals surface area (Å²) in [6.45, 7) is 6.25. The third-order valence-corrected chi connectivity index (χ3v) is 5.08. The van der Waals surface area contributed by atoms with Gasteiger partial charge >= 0.3 is 0 Å². The zero-order valence-electron chi connectivity index (χ0n) is 10.2. The van der Waals surface area contributed by atoms with Gasteiger partial charge in [-0.15, -0.1) is 6.58 Å². The Kier molecular flexibility index (Phi) is 5.73. The molecule has 1 rings (SSSR count). The van der Waals surface area contributed by atoms with Gasteiger partial charge in [0.05, 0.1) is 18.9 Å². The summed E-state index contributed by atoms with van der Waals surface area (Å²) >= 11 is 0.955. The van der Waals surface area contributed by atoms with Gasteiger partial charge in [-0.2, -0.15) is 0 Å². The predicted molar refractivity (Wildman–Crippen MR) is 72.1 cm³/mol. The second-order valence-electron chi connectivity index (χ2n) is 3.51. The SMILES string of the molecule is C=CCCOCCNS(=O)(=O)c1sc(N)nc1C. The van der Waals surface area contributed by atoms with E-state index in [4.69, 9.17) is 10.5 Å². The van der Waals surface area contributed by atoms with Gasteiger partial charge in [0.25, 0.3) is 10.0 Å². The molecule has 0 bridgehead atoms. The molecule has 1 heterocycles. The van der Waals surface area contributed by atoms with Crippen LogP contribution in [0.25, 0.3) is 0 Å². The predicted octanol–water partition coefficient (Wildman–Crippen LogP) is 0.905. The molecule has 1 aromatic heterocycles. The van der Waals surface area contributed by atoms with Gasteiger partial charge in [-0.3, -0.25) is 0 Å². The fourth-order valence-electron chi connectivity index (χ4n) is 1.23. The topological polar surface area (TPSA) is 94.3 Å². The number of hydrogen-bond acceptors (Lipinski definition) is 6. The standard InChI is InChI=1S/C10H17N3O3S2/c1-3-4-6-16-7-5-12-18(14,15)9-8(2)13-10(11)17-9/h3,12H,1,4-7H2,2H3,(H2,11,13). The van der Waals surface area contributed by atoms with Gasteiger partial charge in [-0.25, -0.2) is 18.1 Å². The van der Waals surface area contributed by atoms with Gasteiger partial charge in [-0.1, -0.05) is 17.4 Å². The van der Waals surface area contributed by atoms with Crippen LogP contribution in [0.3, 0.4) is 0 Å². The van der Waals surface area contributed by atoms with Crippen LogP contribution in [-0.2, 0) is 14.8 Å². The summed E-state index contributed by atoms with van der Waals surface area (Å²) in [5.41, 5.74) is 5.88. The highest BCUT2D eigenvalue weighted by molar-refractivity contribution is 7.91. The van der Waals surface area contributed by atoms with E-state index in [9.17, 15) is 8.42 Å². The number of aryl methyl sites for hydroxylation is 1. The summed E-state index contributed by atoms with van der Waals surface area (Å²) in [5, 5.41) is 0.245. The van der Waals surface area contributed by atoms with Gasteiger partial charge < -0.3 is 10.5 Å². The molecule has 1 aromatic rings. The van der Waals surface area contributed by atoms with Crippen LogP contribution in [-0.4, -0.2) is 33.2 Å². The maximum atomic E-state index is 11.9. The van der Waals surface area contributed by atoms with Crippen molar-refractivity contribution in [3.8, 4) is 0 Å². The zero-order chi connectivity index (χ0) is 13.6. The molecule has 0 saturated heterocycles. The average Bonchev–Trinajstić information content (AvgIpc) is 2.63. The molecule has 0 atom stereocenters. The smallest absolute Gasteiger partial charge is 0.252 e. The number of ether oxygens (including phenoxy) is 1. The molecule has 0 aliphatic rings. The van der Waals surface area contributed by atoms with Crippen molar-refractivity contribution in [1.82, 2.24) is 9.71 Å². The fourth-order valence-corrected chi connectivity index (χ4v) is 3.59. The minimum Gasteiger partial charge on any atom is -0.380 e. The third-order valence-electron chi connectivity index (χ3n) is 2.02. The van der Waals surface area contributed by atoms with Crippen molar-refractivity contribution in [3.63, 3.8) is 0 Å². The van der Waals surface area contributed by atoms with Crippen LogP contribution in [0.4, 0.5) is 5.13 Å².